The number of hydrogen-bond acceptors (Lipinski definition) is 0. The van der Waals surface area contributed by atoms with E-state index < -0.39 is 0 Å². The Morgan fingerprint density at radius 2 is 0.562 bits per heavy atom. The minimum Gasteiger partial charge on any atom is -0.214 e. The van der Waals surface area contributed by atoms with Gasteiger partial charge >= 0.3 is 35.6 Å². The first-order valence-corrected chi connectivity index (χ1v) is 5.00. The minimum absolute atomic E-state index is 0. The average molecular weight is 334 g/mol. The Balaban J connectivity index is 0.000000205. The van der Waals surface area contributed by atoms with E-state index in [0.29, 0.717) is 0 Å². The monoisotopic (exact) mass is 334 g/mol. The van der Waals surface area contributed by atoms with Crippen molar-refractivity contribution >= 4 is 0 Å². The molecule has 3 aromatic rings. The second-order valence-corrected chi connectivity index (χ2v) is 2.89. The van der Waals surface area contributed by atoms with Gasteiger partial charge in [0, 0.05) is 0 Å². The Labute approximate surface area is 126 Å². The van der Waals surface area contributed by atoms with E-state index in [9.17, 15) is 0 Å². The maximum atomic E-state index is 2.00. The van der Waals surface area contributed by atoms with E-state index in [1.54, 1.807) is 0 Å². The molecule has 0 unspecified atom stereocenters. The third-order valence-electron chi connectivity index (χ3n) is 1.67. The van der Waals surface area contributed by atoms with E-state index in [1.165, 1.54) is 0 Å². The standard InChI is InChI=1S/3C5H5.La/c3*1-2-4-5-3-1;/h3*1-5H;/q3*-1;+3. The van der Waals surface area contributed by atoms with Crippen LogP contribution >= 0.6 is 0 Å². The molecule has 0 spiro atoms. The van der Waals surface area contributed by atoms with E-state index in [4.69, 9.17) is 0 Å². The van der Waals surface area contributed by atoms with Gasteiger partial charge in [-0.05, 0) is 0 Å². The molecule has 3 rings (SSSR count). The fourth-order valence-electron chi connectivity index (χ4n) is 0.962. The van der Waals surface area contributed by atoms with Crippen molar-refractivity contribution in [2.24, 2.45) is 0 Å². The van der Waals surface area contributed by atoms with Crippen LogP contribution in [0.25, 0.3) is 0 Å². The van der Waals surface area contributed by atoms with Crippen LogP contribution in [-0.4, -0.2) is 0 Å². The van der Waals surface area contributed by atoms with Crippen LogP contribution in [0.2, 0.25) is 0 Å². The fourth-order valence-corrected chi connectivity index (χ4v) is 0.962. The molecular weight excluding hydrogens is 319 g/mol. The summed E-state index contributed by atoms with van der Waals surface area (Å²) in [6.07, 6.45) is 0. The van der Waals surface area contributed by atoms with Crippen LogP contribution in [0.5, 0.6) is 0 Å². The molecule has 0 bridgehead atoms. The molecule has 0 N–H and O–H groups in total. The summed E-state index contributed by atoms with van der Waals surface area (Å²) in [7, 11) is 0. The van der Waals surface area contributed by atoms with Gasteiger partial charge in [-0.15, -0.1) is 0 Å². The van der Waals surface area contributed by atoms with Crippen LogP contribution in [0.4, 0.5) is 0 Å². The zero-order valence-corrected chi connectivity index (χ0v) is 12.9. The van der Waals surface area contributed by atoms with E-state index >= 15 is 0 Å². The van der Waals surface area contributed by atoms with Crippen molar-refractivity contribution in [1.29, 1.82) is 0 Å². The van der Waals surface area contributed by atoms with Crippen LogP contribution in [0.15, 0.2) is 91.0 Å². The first kappa shape index (κ1) is 15.2. The second kappa shape index (κ2) is 12.3. The Morgan fingerprint density at radius 1 is 0.375 bits per heavy atom. The molecule has 0 heterocycles. The summed E-state index contributed by atoms with van der Waals surface area (Å²) in [5, 5.41) is 0. The molecule has 0 saturated heterocycles. The molecule has 16 heavy (non-hydrogen) atoms. The van der Waals surface area contributed by atoms with E-state index in [1.807, 2.05) is 91.0 Å². The summed E-state index contributed by atoms with van der Waals surface area (Å²) >= 11 is 0. The summed E-state index contributed by atoms with van der Waals surface area (Å²) < 4.78 is 0. The third-order valence-corrected chi connectivity index (χ3v) is 1.67. The van der Waals surface area contributed by atoms with E-state index in [2.05, 4.69) is 0 Å². The summed E-state index contributed by atoms with van der Waals surface area (Å²) in [4.78, 5) is 0. The predicted molar refractivity (Wildman–Crippen MR) is 66.1 cm³/mol. The molecule has 78 valence electrons. The summed E-state index contributed by atoms with van der Waals surface area (Å²) in [6.45, 7) is 0. The summed E-state index contributed by atoms with van der Waals surface area (Å²) in [5.74, 6) is 0. The van der Waals surface area contributed by atoms with E-state index in [-0.39, 0.29) is 35.6 Å². The third kappa shape index (κ3) is 9.79. The molecule has 0 atom stereocenters. The zero-order chi connectivity index (χ0) is 10.6. The van der Waals surface area contributed by atoms with Gasteiger partial charge in [-0.25, -0.2) is 36.4 Å². The quantitative estimate of drug-likeness (QED) is 0.540. The Kier molecular flexibility index (Phi) is 11.7. The van der Waals surface area contributed by atoms with Crippen LogP contribution in [0.3, 0.4) is 0 Å². The first-order valence-electron chi connectivity index (χ1n) is 5.00. The molecule has 0 aliphatic carbocycles. The molecule has 0 radical (unpaired) electrons. The van der Waals surface area contributed by atoms with Crippen molar-refractivity contribution in [2.75, 3.05) is 0 Å². The van der Waals surface area contributed by atoms with Gasteiger partial charge in [0.15, 0.2) is 0 Å². The fraction of sp³-hybridized carbons (Fsp3) is 0. The van der Waals surface area contributed by atoms with Gasteiger partial charge in [-0.3, -0.25) is 0 Å². The van der Waals surface area contributed by atoms with Crippen LogP contribution in [0, 0.1) is 35.6 Å². The Morgan fingerprint density at radius 3 is 0.625 bits per heavy atom. The van der Waals surface area contributed by atoms with Crippen molar-refractivity contribution in [3.05, 3.63) is 91.0 Å². The van der Waals surface area contributed by atoms with Crippen molar-refractivity contribution in [1.82, 2.24) is 0 Å². The molecule has 0 nitrogen and oxygen atoms in total. The first-order chi connectivity index (χ1) is 7.50. The van der Waals surface area contributed by atoms with Gasteiger partial charge < -0.3 is 0 Å². The maximum Gasteiger partial charge on any atom is 3.00 e. The van der Waals surface area contributed by atoms with Crippen molar-refractivity contribution < 1.29 is 35.6 Å². The molecule has 0 fully saturated rings. The SMILES string of the molecule is [La+3].c1cc[cH-]c1.c1cc[cH-]c1.c1cc[cH-]c1. The maximum absolute atomic E-state index is 2.00. The van der Waals surface area contributed by atoms with Crippen molar-refractivity contribution in [3.8, 4) is 0 Å². The molecular formula is C15H15La. The molecule has 0 amide bonds. The molecule has 0 aliphatic heterocycles. The number of rotatable bonds is 0. The van der Waals surface area contributed by atoms with Crippen LogP contribution in [0.1, 0.15) is 0 Å². The topological polar surface area (TPSA) is 0 Å². The molecule has 0 aliphatic rings. The molecule has 0 saturated carbocycles. The Bertz CT molecular complexity index is 237. The van der Waals surface area contributed by atoms with Crippen LogP contribution < -0.4 is 0 Å². The van der Waals surface area contributed by atoms with E-state index in [0.717, 1.165) is 0 Å². The minimum atomic E-state index is 0. The number of hydrogen-bond donors (Lipinski definition) is 0. The smallest absolute Gasteiger partial charge is 0.214 e. The van der Waals surface area contributed by atoms with Gasteiger partial charge in [-0.2, -0.15) is 54.6 Å². The van der Waals surface area contributed by atoms with Gasteiger partial charge in [0.05, 0.1) is 0 Å². The summed E-state index contributed by atoms with van der Waals surface area (Å²) in [5.41, 5.74) is 0. The van der Waals surface area contributed by atoms with Gasteiger partial charge in [0.25, 0.3) is 0 Å². The normalized spacial score (nSPS) is 7.50. The predicted octanol–water partition coefficient (Wildman–Crippen LogP) is 4.22. The summed E-state index contributed by atoms with van der Waals surface area (Å²) in [6, 6.07) is 30.0. The molecule has 1 heteroatoms. The molecule has 0 aromatic heterocycles. The zero-order valence-electron chi connectivity index (χ0n) is 9.24. The van der Waals surface area contributed by atoms with Gasteiger partial charge in [-0.1, -0.05) is 0 Å². The average Bonchev–Trinajstić information content (AvgIpc) is 3.09. The van der Waals surface area contributed by atoms with Crippen LogP contribution in [-0.2, 0) is 0 Å². The largest absolute Gasteiger partial charge is 3.00 e. The second-order valence-electron chi connectivity index (χ2n) is 2.89. The van der Waals surface area contributed by atoms with Crippen molar-refractivity contribution in [3.63, 3.8) is 0 Å². The Hall–Kier alpha value is -0.755. The molecule has 3 aromatic carbocycles. The van der Waals surface area contributed by atoms with Gasteiger partial charge in [0.2, 0.25) is 0 Å². The van der Waals surface area contributed by atoms with Crippen molar-refractivity contribution in [2.45, 2.75) is 0 Å². The van der Waals surface area contributed by atoms with Gasteiger partial charge in [0.1, 0.15) is 0 Å².